The first-order valence-electron chi connectivity index (χ1n) is 5.59. The van der Waals surface area contributed by atoms with Gasteiger partial charge in [-0.25, -0.2) is 16.8 Å². The van der Waals surface area contributed by atoms with Gasteiger partial charge in [0.05, 0.1) is 6.61 Å². The van der Waals surface area contributed by atoms with Crippen LogP contribution in [0.25, 0.3) is 0 Å². The molecule has 0 aromatic rings. The van der Waals surface area contributed by atoms with Crippen molar-refractivity contribution in [1.29, 1.82) is 0 Å². The lowest BCUT2D eigenvalue weighted by Crippen LogP contribution is -2.54. The largest absolute Gasteiger partial charge is 0.726 e. The van der Waals surface area contributed by atoms with E-state index in [1.807, 2.05) is 5.32 Å². The van der Waals surface area contributed by atoms with E-state index in [0.29, 0.717) is 0 Å². The van der Waals surface area contributed by atoms with E-state index in [2.05, 4.69) is 8.37 Å². The summed E-state index contributed by atoms with van der Waals surface area (Å²) in [6.07, 6.45) is -7.07. The number of amides is 1. The first kappa shape index (κ1) is 21.8. The molecule has 3 N–H and O–H groups in total. The molecule has 0 saturated heterocycles. The van der Waals surface area contributed by atoms with Crippen LogP contribution in [0.1, 0.15) is 6.92 Å². The molecule has 0 aromatic carbocycles. The minimum Gasteiger partial charge on any atom is -0.726 e. The maximum absolute atomic E-state index is 10.8. The Morgan fingerprint density at radius 1 is 1.22 bits per heavy atom. The van der Waals surface area contributed by atoms with E-state index in [9.17, 15) is 45.7 Å². The Kier molecular flexibility index (Phi) is 8.15. The average molecular weight is 379 g/mol. The van der Waals surface area contributed by atoms with E-state index in [4.69, 9.17) is 0 Å². The van der Waals surface area contributed by atoms with Crippen LogP contribution in [0.3, 0.4) is 0 Å². The standard InChI is InChI=1S/C8H15NO12S2/c1-4(11)9-5(2-10)7(13)8(21-23(17,18)19)6(12)3-20-22(14,15)16/h2,5-8,12-13H,3H2,1H3,(H,9,11)(H,14,15,16)(H,17,18,19)/p-2/t5-,6+,7+,8-/m0/s1. The number of carbonyl (C=O) groups excluding carboxylic acids is 2. The van der Waals surface area contributed by atoms with Crippen LogP contribution in [0.4, 0.5) is 0 Å². The molecule has 1 amide bonds. The van der Waals surface area contributed by atoms with E-state index < -0.39 is 57.7 Å². The molecular formula is C8H13NO12S2-2. The lowest BCUT2D eigenvalue weighted by atomic mass is 10.0. The fourth-order valence-electron chi connectivity index (χ4n) is 1.37. The van der Waals surface area contributed by atoms with Crippen LogP contribution >= 0.6 is 0 Å². The smallest absolute Gasteiger partial charge is 0.218 e. The molecule has 0 rings (SSSR count). The molecule has 136 valence electrons. The Morgan fingerprint density at radius 2 is 1.74 bits per heavy atom. The monoisotopic (exact) mass is 379 g/mol. The van der Waals surface area contributed by atoms with E-state index in [1.54, 1.807) is 0 Å². The average Bonchev–Trinajstić information content (AvgIpc) is 2.36. The minimum atomic E-state index is -5.52. The van der Waals surface area contributed by atoms with Crippen molar-refractivity contribution in [2.45, 2.75) is 31.3 Å². The number of carbonyl (C=O) groups is 2. The van der Waals surface area contributed by atoms with Crippen molar-refractivity contribution in [1.82, 2.24) is 5.32 Å². The molecule has 0 aliphatic rings. The number of aliphatic hydroxyl groups excluding tert-OH is 2. The van der Waals surface area contributed by atoms with Gasteiger partial charge in [-0.3, -0.25) is 13.2 Å². The summed E-state index contributed by atoms with van der Waals surface area (Å²) in [5, 5.41) is 21.2. The number of hydrogen-bond donors (Lipinski definition) is 3. The summed E-state index contributed by atoms with van der Waals surface area (Å²) in [6, 6.07) is -1.81. The van der Waals surface area contributed by atoms with Crippen LogP contribution < -0.4 is 5.32 Å². The normalized spacial score (nSPS) is 17.8. The minimum absolute atomic E-state index is 0.0578. The zero-order chi connectivity index (χ0) is 18.4. The van der Waals surface area contributed by atoms with Gasteiger partial charge in [-0.1, -0.05) is 0 Å². The van der Waals surface area contributed by atoms with Gasteiger partial charge < -0.3 is 29.4 Å². The van der Waals surface area contributed by atoms with E-state index in [0.717, 1.165) is 6.92 Å². The summed E-state index contributed by atoms with van der Waals surface area (Å²) in [5.41, 5.74) is 0. The van der Waals surface area contributed by atoms with Crippen molar-refractivity contribution in [3.8, 4) is 0 Å². The van der Waals surface area contributed by atoms with E-state index >= 15 is 0 Å². The van der Waals surface area contributed by atoms with Gasteiger partial charge in [-0.05, 0) is 0 Å². The van der Waals surface area contributed by atoms with Gasteiger partial charge in [0.1, 0.15) is 30.6 Å². The third kappa shape index (κ3) is 9.51. The molecule has 0 radical (unpaired) electrons. The third-order valence-electron chi connectivity index (χ3n) is 2.21. The zero-order valence-corrected chi connectivity index (χ0v) is 13.0. The quantitative estimate of drug-likeness (QED) is 0.186. The van der Waals surface area contributed by atoms with Gasteiger partial charge in [0, 0.05) is 6.92 Å². The van der Waals surface area contributed by atoms with Crippen LogP contribution in [0.15, 0.2) is 0 Å². The second-order valence-electron chi connectivity index (χ2n) is 4.08. The second-order valence-corrected chi connectivity index (χ2v) is 6.14. The Bertz CT molecular complexity index is 613. The van der Waals surface area contributed by atoms with Crippen LogP contribution in [-0.2, 0) is 38.8 Å². The topological polar surface area (TPSA) is 219 Å². The summed E-state index contributed by atoms with van der Waals surface area (Å²) in [4.78, 5) is 21.6. The number of nitrogens with one attached hydrogen (secondary N) is 1. The van der Waals surface area contributed by atoms with Crippen molar-refractivity contribution >= 4 is 33.0 Å². The highest BCUT2D eigenvalue weighted by Crippen LogP contribution is 2.13. The number of aliphatic hydroxyl groups is 2. The maximum atomic E-state index is 10.8. The van der Waals surface area contributed by atoms with Gasteiger partial charge in [-0.15, -0.1) is 0 Å². The predicted molar refractivity (Wildman–Crippen MR) is 65.9 cm³/mol. The SMILES string of the molecule is CC(=O)N[C@@H](C=O)[C@@H](O)[C@@H](OS(=O)(=O)[O-])[C@H](O)COS(=O)(=O)[O-]. The van der Waals surface area contributed by atoms with Gasteiger partial charge in [0.15, 0.2) is 0 Å². The van der Waals surface area contributed by atoms with E-state index in [1.165, 1.54) is 0 Å². The summed E-state index contributed by atoms with van der Waals surface area (Å²) in [5.74, 6) is -0.835. The highest BCUT2D eigenvalue weighted by molar-refractivity contribution is 7.81. The molecule has 15 heteroatoms. The fraction of sp³-hybridized carbons (Fsp3) is 0.750. The van der Waals surface area contributed by atoms with Crippen molar-refractivity contribution in [3.63, 3.8) is 0 Å². The molecule has 0 bridgehead atoms. The molecule has 0 unspecified atom stereocenters. The van der Waals surface area contributed by atoms with Crippen molar-refractivity contribution in [2.75, 3.05) is 6.61 Å². The number of hydrogen-bond acceptors (Lipinski definition) is 12. The van der Waals surface area contributed by atoms with Crippen molar-refractivity contribution in [3.05, 3.63) is 0 Å². The summed E-state index contributed by atoms with van der Waals surface area (Å²) in [7, 11) is -10.8. The van der Waals surface area contributed by atoms with E-state index in [-0.39, 0.29) is 6.29 Å². The molecule has 0 heterocycles. The molecule has 0 fully saturated rings. The molecule has 0 spiro atoms. The first-order valence-corrected chi connectivity index (χ1v) is 8.26. The molecule has 23 heavy (non-hydrogen) atoms. The Morgan fingerprint density at radius 3 is 2.09 bits per heavy atom. The van der Waals surface area contributed by atoms with Gasteiger partial charge in [0.2, 0.25) is 26.7 Å². The van der Waals surface area contributed by atoms with Gasteiger partial charge >= 0.3 is 0 Å². The summed E-state index contributed by atoms with van der Waals surface area (Å²) < 4.78 is 70.0. The maximum Gasteiger partial charge on any atom is 0.218 e. The van der Waals surface area contributed by atoms with Crippen molar-refractivity contribution < 1.29 is 54.1 Å². The predicted octanol–water partition coefficient (Wildman–Crippen LogP) is -4.27. The fourth-order valence-corrected chi connectivity index (χ4v) is 2.19. The number of rotatable bonds is 10. The molecule has 0 saturated carbocycles. The molecular weight excluding hydrogens is 366 g/mol. The third-order valence-corrected chi connectivity index (χ3v) is 3.10. The van der Waals surface area contributed by atoms with Crippen LogP contribution in [0.5, 0.6) is 0 Å². The molecule has 0 aliphatic heterocycles. The lowest BCUT2D eigenvalue weighted by molar-refractivity contribution is -0.128. The Labute approximate surface area is 131 Å². The van der Waals surface area contributed by atoms with Crippen molar-refractivity contribution in [2.24, 2.45) is 0 Å². The summed E-state index contributed by atoms with van der Waals surface area (Å²) >= 11 is 0. The number of aldehydes is 1. The van der Waals surface area contributed by atoms with Crippen LogP contribution in [0.2, 0.25) is 0 Å². The van der Waals surface area contributed by atoms with Gasteiger partial charge in [-0.2, -0.15) is 0 Å². The highest BCUT2D eigenvalue weighted by Gasteiger charge is 2.36. The zero-order valence-electron chi connectivity index (χ0n) is 11.4. The Balaban J connectivity index is 5.33. The Hall–Kier alpha value is -1.20. The highest BCUT2D eigenvalue weighted by atomic mass is 32.3. The first-order chi connectivity index (χ1) is 10.3. The van der Waals surface area contributed by atoms with Crippen LogP contribution in [-0.4, -0.2) is 79.3 Å². The molecule has 4 atom stereocenters. The summed E-state index contributed by atoms with van der Waals surface area (Å²) in [6.45, 7) is -0.443. The second kappa shape index (κ2) is 8.60. The van der Waals surface area contributed by atoms with Crippen LogP contribution in [0, 0.1) is 0 Å². The molecule has 0 aliphatic carbocycles. The molecule has 13 nitrogen and oxygen atoms in total. The molecule has 0 aromatic heterocycles. The van der Waals surface area contributed by atoms with Gasteiger partial charge in [0.25, 0.3) is 0 Å². The lowest BCUT2D eigenvalue weighted by Gasteiger charge is -2.30.